The molecule has 7 heteroatoms. The molecule has 2 aromatic rings. The van der Waals surface area contributed by atoms with Crippen molar-refractivity contribution in [2.75, 3.05) is 20.2 Å². The van der Waals surface area contributed by atoms with Gasteiger partial charge in [-0.1, -0.05) is 31.1 Å². The molecule has 7 nitrogen and oxygen atoms in total. The van der Waals surface area contributed by atoms with Crippen LogP contribution in [0.3, 0.4) is 0 Å². The van der Waals surface area contributed by atoms with Crippen molar-refractivity contribution >= 4 is 5.96 Å². The van der Waals surface area contributed by atoms with E-state index >= 15 is 0 Å². The minimum Gasteiger partial charge on any atom is -0.497 e. The van der Waals surface area contributed by atoms with Crippen molar-refractivity contribution in [3.05, 3.63) is 41.5 Å². The zero-order valence-electron chi connectivity index (χ0n) is 16.1. The quantitative estimate of drug-likeness (QED) is 0.407. The number of methoxy groups -OCH3 is 1. The van der Waals surface area contributed by atoms with Crippen LogP contribution in [0.4, 0.5) is 0 Å². The van der Waals surface area contributed by atoms with Crippen molar-refractivity contribution in [1.82, 2.24) is 20.8 Å². The lowest BCUT2D eigenvalue weighted by molar-refractivity contribution is 0.368. The molecule has 0 saturated heterocycles. The van der Waals surface area contributed by atoms with Crippen molar-refractivity contribution in [2.24, 2.45) is 4.99 Å². The molecular formula is C19H29N5O2. The maximum absolute atomic E-state index is 5.26. The summed E-state index contributed by atoms with van der Waals surface area (Å²) < 4.78 is 10.5. The van der Waals surface area contributed by atoms with Crippen LogP contribution in [0.5, 0.6) is 5.75 Å². The van der Waals surface area contributed by atoms with Gasteiger partial charge in [-0.25, -0.2) is 4.99 Å². The van der Waals surface area contributed by atoms with E-state index in [0.29, 0.717) is 12.4 Å². The monoisotopic (exact) mass is 359 g/mol. The molecule has 1 aromatic heterocycles. The number of benzene rings is 1. The normalized spacial score (nSPS) is 11.7. The highest BCUT2D eigenvalue weighted by Crippen LogP contribution is 2.13. The van der Waals surface area contributed by atoms with Gasteiger partial charge in [0, 0.05) is 25.4 Å². The predicted octanol–water partition coefficient (Wildman–Crippen LogP) is 2.89. The molecule has 0 aliphatic rings. The van der Waals surface area contributed by atoms with Crippen molar-refractivity contribution in [3.8, 4) is 5.75 Å². The van der Waals surface area contributed by atoms with E-state index in [1.165, 1.54) is 0 Å². The zero-order chi connectivity index (χ0) is 18.8. The first-order valence-corrected chi connectivity index (χ1v) is 9.10. The van der Waals surface area contributed by atoms with E-state index in [0.717, 1.165) is 49.0 Å². The summed E-state index contributed by atoms with van der Waals surface area (Å²) in [5.74, 6) is 3.38. The number of nitrogens with zero attached hydrogens (tertiary/aromatic N) is 3. The van der Waals surface area contributed by atoms with Crippen molar-refractivity contribution in [1.29, 1.82) is 0 Å². The Morgan fingerprint density at radius 2 is 2.15 bits per heavy atom. The Bertz CT molecular complexity index is 697. The molecule has 0 fully saturated rings. The number of rotatable bonds is 9. The first-order valence-electron chi connectivity index (χ1n) is 9.10. The highest BCUT2D eigenvalue weighted by molar-refractivity contribution is 5.79. The molecule has 0 atom stereocenters. The van der Waals surface area contributed by atoms with E-state index in [1.54, 1.807) is 7.11 Å². The standard InChI is InChI=1S/C19H29N5O2/c1-5-20-19(22-13-15-8-6-9-16(12-15)25-4)21-11-7-10-17-23-18(14(2)3)24-26-17/h6,8-9,12,14H,5,7,10-11,13H2,1-4H3,(H2,20,21,22). The summed E-state index contributed by atoms with van der Waals surface area (Å²) in [6.07, 6.45) is 1.64. The van der Waals surface area contributed by atoms with Gasteiger partial charge in [0.2, 0.25) is 5.89 Å². The third kappa shape index (κ3) is 6.38. The maximum atomic E-state index is 5.26. The number of aromatic nitrogens is 2. The average molecular weight is 359 g/mol. The van der Waals surface area contributed by atoms with Gasteiger partial charge in [0.1, 0.15) is 5.75 Å². The fourth-order valence-electron chi connectivity index (χ4n) is 2.33. The number of hydrogen-bond acceptors (Lipinski definition) is 5. The second-order valence-corrected chi connectivity index (χ2v) is 6.28. The van der Waals surface area contributed by atoms with Crippen LogP contribution in [0.25, 0.3) is 0 Å². The Balaban J connectivity index is 1.80. The predicted molar refractivity (Wildman–Crippen MR) is 103 cm³/mol. The summed E-state index contributed by atoms with van der Waals surface area (Å²) in [5, 5.41) is 10.6. The summed E-state index contributed by atoms with van der Waals surface area (Å²) in [4.78, 5) is 9.01. The zero-order valence-corrected chi connectivity index (χ0v) is 16.1. The summed E-state index contributed by atoms with van der Waals surface area (Å²) in [6.45, 7) is 8.34. The minimum atomic E-state index is 0.287. The molecule has 0 amide bonds. The number of ether oxygens (including phenoxy) is 1. The molecule has 1 aromatic carbocycles. The van der Waals surface area contributed by atoms with E-state index in [2.05, 4.69) is 46.5 Å². The van der Waals surface area contributed by atoms with Crippen LogP contribution in [-0.2, 0) is 13.0 Å². The molecule has 1 heterocycles. The van der Waals surface area contributed by atoms with Crippen LogP contribution in [0.15, 0.2) is 33.8 Å². The Morgan fingerprint density at radius 1 is 1.31 bits per heavy atom. The van der Waals surface area contributed by atoms with E-state index in [4.69, 9.17) is 9.26 Å². The first-order chi connectivity index (χ1) is 12.6. The molecule has 0 radical (unpaired) electrons. The third-order valence-corrected chi connectivity index (χ3v) is 3.76. The van der Waals surface area contributed by atoms with Crippen molar-refractivity contribution in [2.45, 2.75) is 46.1 Å². The Labute approximate surface area is 155 Å². The van der Waals surface area contributed by atoms with Crippen LogP contribution >= 0.6 is 0 Å². The van der Waals surface area contributed by atoms with Crippen LogP contribution in [0.1, 0.15) is 50.4 Å². The number of aryl methyl sites for hydroxylation is 1. The van der Waals surface area contributed by atoms with Gasteiger partial charge in [-0.15, -0.1) is 0 Å². The Hall–Kier alpha value is -2.57. The van der Waals surface area contributed by atoms with Crippen LogP contribution in [-0.4, -0.2) is 36.3 Å². The second-order valence-electron chi connectivity index (χ2n) is 6.28. The highest BCUT2D eigenvalue weighted by atomic mass is 16.5. The van der Waals surface area contributed by atoms with Gasteiger partial charge in [0.25, 0.3) is 0 Å². The van der Waals surface area contributed by atoms with E-state index in [-0.39, 0.29) is 5.92 Å². The van der Waals surface area contributed by atoms with Gasteiger partial charge in [-0.2, -0.15) is 4.98 Å². The molecule has 0 aliphatic carbocycles. The van der Waals surface area contributed by atoms with Gasteiger partial charge in [-0.3, -0.25) is 0 Å². The molecule has 0 aliphatic heterocycles. The van der Waals surface area contributed by atoms with Gasteiger partial charge < -0.3 is 19.9 Å². The molecule has 26 heavy (non-hydrogen) atoms. The first kappa shape index (κ1) is 19.8. The molecule has 0 unspecified atom stereocenters. The van der Waals surface area contributed by atoms with Crippen molar-refractivity contribution < 1.29 is 9.26 Å². The fraction of sp³-hybridized carbons (Fsp3) is 0.526. The smallest absolute Gasteiger partial charge is 0.226 e. The molecule has 0 bridgehead atoms. The lowest BCUT2D eigenvalue weighted by Gasteiger charge is -2.11. The van der Waals surface area contributed by atoms with Gasteiger partial charge in [0.05, 0.1) is 13.7 Å². The largest absolute Gasteiger partial charge is 0.497 e. The SMILES string of the molecule is CCNC(=NCc1cccc(OC)c1)NCCCc1nc(C(C)C)no1. The third-order valence-electron chi connectivity index (χ3n) is 3.76. The minimum absolute atomic E-state index is 0.287. The van der Waals surface area contributed by atoms with E-state index in [1.807, 2.05) is 24.3 Å². The Kier molecular flexibility index (Phi) is 7.92. The summed E-state index contributed by atoms with van der Waals surface area (Å²) in [7, 11) is 1.67. The fourth-order valence-corrected chi connectivity index (χ4v) is 2.33. The number of nitrogens with one attached hydrogen (secondary N) is 2. The maximum Gasteiger partial charge on any atom is 0.226 e. The summed E-state index contributed by atoms with van der Waals surface area (Å²) >= 11 is 0. The summed E-state index contributed by atoms with van der Waals surface area (Å²) in [5.41, 5.74) is 1.11. The van der Waals surface area contributed by atoms with Gasteiger partial charge in [0.15, 0.2) is 11.8 Å². The van der Waals surface area contributed by atoms with Crippen LogP contribution in [0, 0.1) is 0 Å². The van der Waals surface area contributed by atoms with Gasteiger partial charge >= 0.3 is 0 Å². The summed E-state index contributed by atoms with van der Waals surface area (Å²) in [6, 6.07) is 7.94. The van der Waals surface area contributed by atoms with Crippen molar-refractivity contribution in [3.63, 3.8) is 0 Å². The number of guanidine groups is 1. The molecule has 2 rings (SSSR count). The lowest BCUT2D eigenvalue weighted by Crippen LogP contribution is -2.37. The second kappa shape index (κ2) is 10.4. The van der Waals surface area contributed by atoms with E-state index in [9.17, 15) is 0 Å². The average Bonchev–Trinajstić information content (AvgIpc) is 3.12. The van der Waals surface area contributed by atoms with Crippen LogP contribution in [0.2, 0.25) is 0 Å². The number of hydrogen-bond donors (Lipinski definition) is 2. The topological polar surface area (TPSA) is 84.6 Å². The highest BCUT2D eigenvalue weighted by Gasteiger charge is 2.09. The van der Waals surface area contributed by atoms with Crippen LogP contribution < -0.4 is 15.4 Å². The van der Waals surface area contributed by atoms with Gasteiger partial charge in [-0.05, 0) is 31.0 Å². The lowest BCUT2D eigenvalue weighted by atomic mass is 10.2. The molecule has 0 saturated carbocycles. The molecule has 2 N–H and O–H groups in total. The van der Waals surface area contributed by atoms with E-state index < -0.39 is 0 Å². The number of aliphatic imine (C=N–C) groups is 1. The Morgan fingerprint density at radius 3 is 2.85 bits per heavy atom. The molecular weight excluding hydrogens is 330 g/mol. The molecule has 0 spiro atoms. The molecule has 142 valence electrons.